The minimum atomic E-state index is -0.814. The van der Waals surface area contributed by atoms with Crippen molar-refractivity contribution in [3.8, 4) is 17.1 Å². The van der Waals surface area contributed by atoms with Gasteiger partial charge in [-0.1, -0.05) is 12.1 Å². The summed E-state index contributed by atoms with van der Waals surface area (Å²) in [6.45, 7) is 3.77. The largest absolute Gasteiger partial charge is 0.497 e. The van der Waals surface area contributed by atoms with E-state index in [1.807, 2.05) is 38.1 Å². The number of nitrogens with zero attached hydrogens (tertiary/aromatic N) is 2. The quantitative estimate of drug-likeness (QED) is 0.915. The zero-order valence-corrected chi connectivity index (χ0v) is 12.4. The van der Waals surface area contributed by atoms with Crippen LogP contribution in [0.4, 0.5) is 0 Å². The Labute approximate surface area is 123 Å². The number of hydrogen-bond donors (Lipinski definition) is 1. The van der Waals surface area contributed by atoms with Crippen LogP contribution in [0.5, 0.6) is 5.75 Å². The summed E-state index contributed by atoms with van der Waals surface area (Å²) in [6, 6.07) is 7.56. The van der Waals surface area contributed by atoms with Gasteiger partial charge in [-0.05, 0) is 38.0 Å². The van der Waals surface area contributed by atoms with Gasteiger partial charge in [-0.2, -0.15) is 0 Å². The number of carbonyl (C=O) groups is 1. The molecule has 0 aliphatic rings. The maximum absolute atomic E-state index is 10.7. The van der Waals surface area contributed by atoms with E-state index < -0.39 is 5.97 Å². The minimum Gasteiger partial charge on any atom is -0.497 e. The Bertz CT molecular complexity index is 645. The van der Waals surface area contributed by atoms with E-state index >= 15 is 0 Å². The Kier molecular flexibility index (Phi) is 4.52. The van der Waals surface area contributed by atoms with Gasteiger partial charge in [0.1, 0.15) is 5.75 Å². The van der Waals surface area contributed by atoms with Crippen LogP contribution in [-0.2, 0) is 11.2 Å². The number of rotatable bonds is 5. The average Bonchev–Trinajstić information content (AvgIpc) is 2.46. The molecular formula is C16H18N2O3. The van der Waals surface area contributed by atoms with Crippen LogP contribution < -0.4 is 4.74 Å². The number of aryl methyl sites for hydroxylation is 2. The SMILES string of the molecule is COc1cccc(-c2nc(C)c(CCC(=O)O)c(C)n2)c1. The number of methoxy groups -OCH3 is 1. The molecule has 0 aliphatic carbocycles. The summed E-state index contributed by atoms with van der Waals surface area (Å²) in [5.41, 5.74) is 3.43. The van der Waals surface area contributed by atoms with Gasteiger partial charge in [-0.3, -0.25) is 4.79 Å². The lowest BCUT2D eigenvalue weighted by Crippen LogP contribution is -2.06. The summed E-state index contributed by atoms with van der Waals surface area (Å²) < 4.78 is 5.20. The molecule has 110 valence electrons. The van der Waals surface area contributed by atoms with E-state index in [0.717, 1.165) is 28.3 Å². The van der Waals surface area contributed by atoms with Gasteiger partial charge in [-0.15, -0.1) is 0 Å². The molecule has 0 radical (unpaired) electrons. The third-order valence-corrected chi connectivity index (χ3v) is 3.34. The van der Waals surface area contributed by atoms with Crippen molar-refractivity contribution in [1.82, 2.24) is 9.97 Å². The van der Waals surface area contributed by atoms with Crippen LogP contribution >= 0.6 is 0 Å². The van der Waals surface area contributed by atoms with Crippen LogP contribution in [0.25, 0.3) is 11.4 Å². The van der Waals surface area contributed by atoms with E-state index in [0.29, 0.717) is 12.2 Å². The van der Waals surface area contributed by atoms with Crippen molar-refractivity contribution in [2.24, 2.45) is 0 Å². The van der Waals surface area contributed by atoms with Crippen LogP contribution in [0.3, 0.4) is 0 Å². The molecule has 1 aromatic heterocycles. The maximum atomic E-state index is 10.7. The summed E-state index contributed by atoms with van der Waals surface area (Å²) in [5.74, 6) is 0.565. The van der Waals surface area contributed by atoms with Gasteiger partial charge in [0, 0.05) is 23.4 Å². The number of ether oxygens (including phenoxy) is 1. The smallest absolute Gasteiger partial charge is 0.303 e. The van der Waals surface area contributed by atoms with Gasteiger partial charge in [0.25, 0.3) is 0 Å². The van der Waals surface area contributed by atoms with Crippen molar-refractivity contribution in [1.29, 1.82) is 0 Å². The first-order valence-electron chi connectivity index (χ1n) is 6.71. The number of hydrogen-bond acceptors (Lipinski definition) is 4. The van der Waals surface area contributed by atoms with E-state index in [1.165, 1.54) is 0 Å². The third kappa shape index (κ3) is 3.56. The van der Waals surface area contributed by atoms with Gasteiger partial charge in [0.15, 0.2) is 5.82 Å². The summed E-state index contributed by atoms with van der Waals surface area (Å²) >= 11 is 0. The summed E-state index contributed by atoms with van der Waals surface area (Å²) in [6.07, 6.45) is 0.537. The first-order valence-corrected chi connectivity index (χ1v) is 6.71. The number of carboxylic acids is 1. The Morgan fingerprint density at radius 2 is 1.90 bits per heavy atom. The van der Waals surface area contributed by atoms with E-state index in [2.05, 4.69) is 9.97 Å². The van der Waals surface area contributed by atoms with Gasteiger partial charge in [0.05, 0.1) is 7.11 Å². The van der Waals surface area contributed by atoms with Crippen molar-refractivity contribution in [2.45, 2.75) is 26.7 Å². The predicted octanol–water partition coefficient (Wildman–Crippen LogP) is 2.79. The molecule has 1 N–H and O–H groups in total. The Hall–Kier alpha value is -2.43. The van der Waals surface area contributed by atoms with E-state index in [4.69, 9.17) is 9.84 Å². The molecule has 5 nitrogen and oxygen atoms in total. The van der Waals surface area contributed by atoms with Crippen LogP contribution in [0.1, 0.15) is 23.4 Å². The summed E-state index contributed by atoms with van der Waals surface area (Å²) in [4.78, 5) is 19.7. The van der Waals surface area contributed by atoms with Crippen molar-refractivity contribution in [3.05, 3.63) is 41.2 Å². The molecule has 5 heteroatoms. The van der Waals surface area contributed by atoms with Crippen LogP contribution in [0.2, 0.25) is 0 Å². The van der Waals surface area contributed by atoms with Gasteiger partial charge in [-0.25, -0.2) is 9.97 Å². The molecule has 0 saturated carbocycles. The fourth-order valence-corrected chi connectivity index (χ4v) is 2.22. The zero-order chi connectivity index (χ0) is 15.4. The first kappa shape index (κ1) is 15.0. The molecular weight excluding hydrogens is 268 g/mol. The highest BCUT2D eigenvalue weighted by molar-refractivity contribution is 5.67. The molecule has 0 aliphatic heterocycles. The van der Waals surface area contributed by atoms with Crippen LogP contribution in [0.15, 0.2) is 24.3 Å². The molecule has 0 fully saturated rings. The van der Waals surface area contributed by atoms with E-state index in [-0.39, 0.29) is 6.42 Å². The van der Waals surface area contributed by atoms with E-state index in [1.54, 1.807) is 7.11 Å². The topological polar surface area (TPSA) is 72.3 Å². The second-order valence-corrected chi connectivity index (χ2v) is 4.82. The highest BCUT2D eigenvalue weighted by Crippen LogP contribution is 2.23. The Balaban J connectivity index is 2.36. The molecule has 0 bridgehead atoms. The molecule has 0 amide bonds. The minimum absolute atomic E-state index is 0.0869. The maximum Gasteiger partial charge on any atom is 0.303 e. The average molecular weight is 286 g/mol. The monoisotopic (exact) mass is 286 g/mol. The molecule has 0 unspecified atom stereocenters. The number of benzene rings is 1. The fraction of sp³-hybridized carbons (Fsp3) is 0.312. The second kappa shape index (κ2) is 6.35. The van der Waals surface area contributed by atoms with Crippen molar-refractivity contribution < 1.29 is 14.6 Å². The fourth-order valence-electron chi connectivity index (χ4n) is 2.22. The van der Waals surface area contributed by atoms with Crippen LogP contribution in [-0.4, -0.2) is 28.2 Å². The van der Waals surface area contributed by atoms with E-state index in [9.17, 15) is 4.79 Å². The molecule has 21 heavy (non-hydrogen) atoms. The lowest BCUT2D eigenvalue weighted by molar-refractivity contribution is -0.136. The van der Waals surface area contributed by atoms with Crippen LogP contribution in [0, 0.1) is 13.8 Å². The summed E-state index contributed by atoms with van der Waals surface area (Å²) in [5, 5.41) is 8.79. The number of aliphatic carboxylic acids is 1. The lowest BCUT2D eigenvalue weighted by atomic mass is 10.1. The molecule has 0 saturated heterocycles. The second-order valence-electron chi connectivity index (χ2n) is 4.82. The Morgan fingerprint density at radius 3 is 2.48 bits per heavy atom. The number of aromatic nitrogens is 2. The van der Waals surface area contributed by atoms with Gasteiger partial charge >= 0.3 is 5.97 Å². The standard InChI is InChI=1S/C16H18N2O3/c1-10-14(7-8-15(19)20)11(2)18-16(17-10)12-5-4-6-13(9-12)21-3/h4-6,9H,7-8H2,1-3H3,(H,19,20). The van der Waals surface area contributed by atoms with Gasteiger partial charge in [0.2, 0.25) is 0 Å². The highest BCUT2D eigenvalue weighted by Gasteiger charge is 2.11. The third-order valence-electron chi connectivity index (χ3n) is 3.34. The summed E-state index contributed by atoms with van der Waals surface area (Å²) in [7, 11) is 1.62. The van der Waals surface area contributed by atoms with Crippen molar-refractivity contribution in [3.63, 3.8) is 0 Å². The molecule has 0 atom stereocenters. The Morgan fingerprint density at radius 1 is 1.24 bits per heavy atom. The molecule has 0 spiro atoms. The number of carboxylic acid groups (broad SMARTS) is 1. The lowest BCUT2D eigenvalue weighted by Gasteiger charge is -2.10. The predicted molar refractivity (Wildman–Crippen MR) is 79.5 cm³/mol. The van der Waals surface area contributed by atoms with Crippen molar-refractivity contribution >= 4 is 5.97 Å². The molecule has 2 rings (SSSR count). The molecule has 1 heterocycles. The first-order chi connectivity index (χ1) is 10.0. The molecule has 2 aromatic rings. The normalized spacial score (nSPS) is 10.4. The molecule has 1 aromatic carbocycles. The zero-order valence-electron chi connectivity index (χ0n) is 12.4. The highest BCUT2D eigenvalue weighted by atomic mass is 16.5. The van der Waals surface area contributed by atoms with Crippen molar-refractivity contribution in [2.75, 3.05) is 7.11 Å². The van der Waals surface area contributed by atoms with Gasteiger partial charge < -0.3 is 9.84 Å².